The fraction of sp³-hybridized carbons (Fsp3) is 0.400. The molecule has 1 aliphatic rings. The van der Waals surface area contributed by atoms with Gasteiger partial charge in [-0.25, -0.2) is 23.7 Å². The Balaban J connectivity index is 1.55. The molecular weight excluding hydrogens is 364 g/mol. The van der Waals surface area contributed by atoms with Gasteiger partial charge < -0.3 is 4.57 Å². The first-order chi connectivity index (χ1) is 13.3. The lowest BCUT2D eigenvalue weighted by atomic mass is 9.86. The van der Waals surface area contributed by atoms with Gasteiger partial charge in [-0.1, -0.05) is 12.1 Å². The van der Waals surface area contributed by atoms with Crippen LogP contribution in [-0.2, 0) is 11.8 Å². The van der Waals surface area contributed by atoms with Gasteiger partial charge in [-0.2, -0.15) is 0 Å². The van der Waals surface area contributed by atoms with Crippen molar-refractivity contribution < 1.29 is 13.6 Å². The Morgan fingerprint density at radius 2 is 1.96 bits per heavy atom. The highest BCUT2D eigenvalue weighted by molar-refractivity contribution is 5.92. The normalized spacial score (nSPS) is 17.0. The minimum absolute atomic E-state index is 0.177. The number of aryl methyl sites for hydroxylation is 1. The van der Waals surface area contributed by atoms with Crippen molar-refractivity contribution >= 4 is 22.8 Å². The van der Waals surface area contributed by atoms with Gasteiger partial charge in [0.2, 0.25) is 17.8 Å². The standard InChI is InChI=1S/C20H21F2N5O/c1-12-23-11-17(27(12)2)14-3-4-15-10-24-19(25-16(15)9-14)26-18(28)13-5-7-20(21,22)8-6-13/h3-4,9-11,13H,5-8H2,1-2H3,(H,24,25,26,28). The van der Waals surface area contributed by atoms with E-state index in [-0.39, 0.29) is 37.5 Å². The Labute approximate surface area is 161 Å². The second-order valence-corrected chi connectivity index (χ2v) is 7.34. The number of carbonyl (C=O) groups excluding carboxylic acids is 1. The molecule has 28 heavy (non-hydrogen) atoms. The van der Waals surface area contributed by atoms with Crippen LogP contribution in [0.4, 0.5) is 14.7 Å². The first-order valence-corrected chi connectivity index (χ1v) is 9.27. The van der Waals surface area contributed by atoms with E-state index in [1.54, 1.807) is 12.4 Å². The third-order valence-corrected chi connectivity index (χ3v) is 5.42. The van der Waals surface area contributed by atoms with E-state index < -0.39 is 11.8 Å². The molecule has 2 aromatic heterocycles. The number of hydrogen-bond donors (Lipinski definition) is 1. The number of alkyl halides is 2. The van der Waals surface area contributed by atoms with Crippen LogP contribution in [0.25, 0.3) is 22.2 Å². The molecule has 0 atom stereocenters. The SMILES string of the molecule is Cc1ncc(-c2ccc3cnc(NC(=O)C4CCC(F)(F)CC4)nc3c2)n1C. The lowest BCUT2D eigenvalue weighted by Gasteiger charge is -2.27. The smallest absolute Gasteiger partial charge is 0.248 e. The molecule has 1 amide bonds. The molecule has 1 N–H and O–H groups in total. The summed E-state index contributed by atoms with van der Waals surface area (Å²) in [5.74, 6) is -2.29. The van der Waals surface area contributed by atoms with Crippen LogP contribution >= 0.6 is 0 Å². The average Bonchev–Trinajstić information content (AvgIpc) is 3.00. The fourth-order valence-electron chi connectivity index (χ4n) is 3.53. The number of fused-ring (bicyclic) bond motifs is 1. The van der Waals surface area contributed by atoms with Gasteiger partial charge in [0.15, 0.2) is 0 Å². The summed E-state index contributed by atoms with van der Waals surface area (Å²) in [5.41, 5.74) is 2.62. The number of aromatic nitrogens is 4. The first-order valence-electron chi connectivity index (χ1n) is 9.27. The molecule has 0 spiro atoms. The first kappa shape index (κ1) is 18.5. The molecule has 4 rings (SSSR count). The zero-order valence-corrected chi connectivity index (χ0v) is 15.7. The van der Waals surface area contributed by atoms with Crippen LogP contribution < -0.4 is 5.32 Å². The van der Waals surface area contributed by atoms with E-state index in [9.17, 15) is 13.6 Å². The van der Waals surface area contributed by atoms with Crippen molar-refractivity contribution in [2.45, 2.75) is 38.5 Å². The third kappa shape index (κ3) is 3.58. The summed E-state index contributed by atoms with van der Waals surface area (Å²) in [6.07, 6.45) is 3.30. The summed E-state index contributed by atoms with van der Waals surface area (Å²) in [6, 6.07) is 5.81. The summed E-state index contributed by atoms with van der Waals surface area (Å²) >= 11 is 0. The molecule has 3 aromatic rings. The molecule has 1 aromatic carbocycles. The lowest BCUT2D eigenvalue weighted by molar-refractivity contribution is -0.124. The molecular formula is C20H21F2N5O. The Hall–Kier alpha value is -2.90. The molecule has 0 bridgehead atoms. The third-order valence-electron chi connectivity index (χ3n) is 5.42. The number of amides is 1. The van der Waals surface area contributed by atoms with E-state index in [2.05, 4.69) is 20.3 Å². The number of carbonyl (C=O) groups is 1. The predicted octanol–water partition coefficient (Wildman–Crippen LogP) is 4.10. The number of hydrogen-bond acceptors (Lipinski definition) is 4. The zero-order chi connectivity index (χ0) is 19.9. The van der Waals surface area contributed by atoms with Crippen molar-refractivity contribution in [3.63, 3.8) is 0 Å². The Morgan fingerprint density at radius 3 is 2.64 bits per heavy atom. The molecule has 0 unspecified atom stereocenters. The van der Waals surface area contributed by atoms with Crippen LogP contribution in [0.15, 0.2) is 30.6 Å². The van der Waals surface area contributed by atoms with Gasteiger partial charge >= 0.3 is 0 Å². The minimum atomic E-state index is -2.66. The van der Waals surface area contributed by atoms with Gasteiger partial charge in [-0.3, -0.25) is 10.1 Å². The van der Waals surface area contributed by atoms with Crippen molar-refractivity contribution in [2.75, 3.05) is 5.32 Å². The molecule has 8 heteroatoms. The average molecular weight is 385 g/mol. The van der Waals surface area contributed by atoms with E-state index in [0.29, 0.717) is 5.52 Å². The highest BCUT2D eigenvalue weighted by Crippen LogP contribution is 2.36. The van der Waals surface area contributed by atoms with Gasteiger partial charge in [-0.15, -0.1) is 0 Å². The summed E-state index contributed by atoms with van der Waals surface area (Å²) in [5, 5.41) is 3.53. The van der Waals surface area contributed by atoms with Gasteiger partial charge in [0.1, 0.15) is 5.82 Å². The maximum Gasteiger partial charge on any atom is 0.248 e. The highest BCUT2D eigenvalue weighted by atomic mass is 19.3. The quantitative estimate of drug-likeness (QED) is 0.737. The molecule has 1 saturated carbocycles. The van der Waals surface area contributed by atoms with Crippen LogP contribution in [0.1, 0.15) is 31.5 Å². The second kappa shape index (κ2) is 6.92. The maximum absolute atomic E-state index is 13.3. The number of imidazole rings is 1. The highest BCUT2D eigenvalue weighted by Gasteiger charge is 2.37. The number of anilines is 1. The van der Waals surface area contributed by atoms with Gasteiger partial charge in [0.05, 0.1) is 17.4 Å². The molecule has 0 aliphatic heterocycles. The number of nitrogens with zero attached hydrogens (tertiary/aromatic N) is 4. The van der Waals surface area contributed by atoms with E-state index in [1.165, 1.54) is 0 Å². The number of halogens is 2. The van der Waals surface area contributed by atoms with Crippen LogP contribution in [0.3, 0.4) is 0 Å². The Bertz CT molecular complexity index is 1040. The fourth-order valence-corrected chi connectivity index (χ4v) is 3.53. The minimum Gasteiger partial charge on any atom is -0.331 e. The summed E-state index contributed by atoms with van der Waals surface area (Å²) in [6.45, 7) is 1.93. The molecule has 2 heterocycles. The van der Waals surface area contributed by atoms with Crippen LogP contribution in [-0.4, -0.2) is 31.3 Å². The predicted molar refractivity (Wildman–Crippen MR) is 102 cm³/mol. The Morgan fingerprint density at radius 1 is 1.21 bits per heavy atom. The van der Waals surface area contributed by atoms with Crippen LogP contribution in [0, 0.1) is 12.8 Å². The molecule has 146 valence electrons. The van der Waals surface area contributed by atoms with Crippen LogP contribution in [0.2, 0.25) is 0 Å². The van der Waals surface area contributed by atoms with E-state index >= 15 is 0 Å². The summed E-state index contributed by atoms with van der Waals surface area (Å²) in [7, 11) is 1.95. The Kier molecular flexibility index (Phi) is 4.56. The van der Waals surface area contributed by atoms with Crippen molar-refractivity contribution in [3.8, 4) is 11.3 Å². The topological polar surface area (TPSA) is 72.7 Å². The second-order valence-electron chi connectivity index (χ2n) is 7.34. The lowest BCUT2D eigenvalue weighted by Crippen LogP contribution is -2.32. The zero-order valence-electron chi connectivity index (χ0n) is 15.7. The molecule has 1 aliphatic carbocycles. The number of benzene rings is 1. The van der Waals surface area contributed by atoms with Gasteiger partial charge in [0.25, 0.3) is 0 Å². The monoisotopic (exact) mass is 385 g/mol. The van der Waals surface area contributed by atoms with Gasteiger partial charge in [0, 0.05) is 43.0 Å². The van der Waals surface area contributed by atoms with E-state index in [1.807, 2.05) is 36.7 Å². The maximum atomic E-state index is 13.3. The van der Waals surface area contributed by atoms with E-state index in [4.69, 9.17) is 0 Å². The molecule has 0 radical (unpaired) electrons. The molecule has 6 nitrogen and oxygen atoms in total. The number of nitrogens with one attached hydrogen (secondary N) is 1. The molecule has 1 fully saturated rings. The summed E-state index contributed by atoms with van der Waals surface area (Å²) < 4.78 is 28.6. The molecule has 0 saturated heterocycles. The van der Waals surface area contributed by atoms with E-state index in [0.717, 1.165) is 22.5 Å². The number of rotatable bonds is 3. The largest absolute Gasteiger partial charge is 0.331 e. The van der Waals surface area contributed by atoms with Crippen molar-refractivity contribution in [2.24, 2.45) is 13.0 Å². The van der Waals surface area contributed by atoms with Crippen LogP contribution in [0.5, 0.6) is 0 Å². The van der Waals surface area contributed by atoms with Crippen molar-refractivity contribution in [3.05, 3.63) is 36.4 Å². The van der Waals surface area contributed by atoms with Crippen molar-refractivity contribution in [1.82, 2.24) is 19.5 Å². The van der Waals surface area contributed by atoms with Crippen molar-refractivity contribution in [1.29, 1.82) is 0 Å². The van der Waals surface area contributed by atoms with Gasteiger partial charge in [-0.05, 0) is 25.8 Å². The summed E-state index contributed by atoms with van der Waals surface area (Å²) in [4.78, 5) is 25.3.